The zero-order chi connectivity index (χ0) is 14.1. The number of carbonyl (C=O) groups is 1. The van der Waals surface area contributed by atoms with Crippen molar-refractivity contribution in [2.75, 3.05) is 6.61 Å². The number of ether oxygens (including phenoxy) is 1. The highest BCUT2D eigenvalue weighted by molar-refractivity contribution is 5.89. The van der Waals surface area contributed by atoms with Gasteiger partial charge in [0.1, 0.15) is 5.82 Å². The Morgan fingerprint density at radius 1 is 1.17 bits per heavy atom. The second-order valence-corrected chi connectivity index (χ2v) is 6.53. The van der Waals surface area contributed by atoms with E-state index in [4.69, 9.17) is 4.74 Å². The monoisotopic (exact) mass is 252 g/mol. The fourth-order valence-corrected chi connectivity index (χ4v) is 1.62. The number of aromatic nitrogens is 2. The standard InChI is InChI=1S/C14H24N2O2/c1-8-18-11(17)9-10(13(2,3)4)16-12(15-9)14(5,6)7/h8H2,1-7H3,(H,15,16). The normalized spacial score (nSPS) is 12.6. The minimum absolute atomic E-state index is 0.120. The topological polar surface area (TPSA) is 55.0 Å². The second-order valence-electron chi connectivity index (χ2n) is 6.53. The first-order valence-corrected chi connectivity index (χ1v) is 6.35. The van der Waals surface area contributed by atoms with E-state index < -0.39 is 0 Å². The molecular weight excluding hydrogens is 228 g/mol. The molecule has 0 saturated carbocycles. The van der Waals surface area contributed by atoms with Crippen LogP contribution in [0.4, 0.5) is 0 Å². The molecule has 0 bridgehead atoms. The molecule has 18 heavy (non-hydrogen) atoms. The van der Waals surface area contributed by atoms with Crippen molar-refractivity contribution in [3.63, 3.8) is 0 Å². The molecule has 4 nitrogen and oxygen atoms in total. The molecule has 0 radical (unpaired) electrons. The second kappa shape index (κ2) is 4.75. The number of hydrogen-bond donors (Lipinski definition) is 1. The smallest absolute Gasteiger partial charge is 0.358 e. The van der Waals surface area contributed by atoms with Gasteiger partial charge in [0.2, 0.25) is 0 Å². The molecule has 0 amide bonds. The molecule has 0 atom stereocenters. The van der Waals surface area contributed by atoms with Crippen LogP contribution in [0, 0.1) is 0 Å². The van der Waals surface area contributed by atoms with Gasteiger partial charge in [-0.05, 0) is 6.92 Å². The third kappa shape index (κ3) is 3.12. The molecule has 1 N–H and O–H groups in total. The molecule has 1 heterocycles. The van der Waals surface area contributed by atoms with Gasteiger partial charge in [-0.1, -0.05) is 41.5 Å². The van der Waals surface area contributed by atoms with Gasteiger partial charge in [-0.2, -0.15) is 0 Å². The number of nitrogens with one attached hydrogen (secondary N) is 1. The first-order chi connectivity index (χ1) is 8.07. The predicted octanol–water partition coefficient (Wildman–Crippen LogP) is 3.18. The molecule has 0 aliphatic rings. The van der Waals surface area contributed by atoms with Gasteiger partial charge in [-0.25, -0.2) is 9.78 Å². The van der Waals surface area contributed by atoms with Crippen molar-refractivity contribution in [2.24, 2.45) is 0 Å². The maximum atomic E-state index is 11.9. The van der Waals surface area contributed by atoms with Crippen LogP contribution in [0.1, 0.15) is 70.5 Å². The molecule has 4 heteroatoms. The number of carbonyl (C=O) groups excluding carboxylic acids is 1. The molecule has 0 aromatic carbocycles. The van der Waals surface area contributed by atoms with Crippen LogP contribution in [0.5, 0.6) is 0 Å². The SMILES string of the molecule is CCOC(=O)c1nc(C(C)(C)C)[nH]c1C(C)(C)C. The Kier molecular flexibility index (Phi) is 3.89. The van der Waals surface area contributed by atoms with Crippen LogP contribution in [-0.4, -0.2) is 22.5 Å². The van der Waals surface area contributed by atoms with E-state index in [1.165, 1.54) is 0 Å². The fourth-order valence-electron chi connectivity index (χ4n) is 1.62. The minimum Gasteiger partial charge on any atom is -0.461 e. The van der Waals surface area contributed by atoms with E-state index in [2.05, 4.69) is 51.5 Å². The van der Waals surface area contributed by atoms with E-state index in [-0.39, 0.29) is 16.8 Å². The van der Waals surface area contributed by atoms with E-state index in [1.807, 2.05) is 0 Å². The van der Waals surface area contributed by atoms with Gasteiger partial charge in [0.25, 0.3) is 0 Å². The summed E-state index contributed by atoms with van der Waals surface area (Å²) in [5, 5.41) is 0. The Balaban J connectivity index is 3.31. The zero-order valence-electron chi connectivity index (χ0n) is 12.5. The Labute approximate surface area is 109 Å². The number of nitrogens with zero attached hydrogens (tertiary/aromatic N) is 1. The van der Waals surface area contributed by atoms with Crippen molar-refractivity contribution in [1.82, 2.24) is 9.97 Å². The van der Waals surface area contributed by atoms with Crippen molar-refractivity contribution in [2.45, 2.75) is 59.3 Å². The van der Waals surface area contributed by atoms with Crippen LogP contribution >= 0.6 is 0 Å². The molecule has 1 aromatic heterocycles. The van der Waals surface area contributed by atoms with Gasteiger partial charge in [-0.3, -0.25) is 0 Å². The van der Waals surface area contributed by atoms with Gasteiger partial charge in [0.15, 0.2) is 5.69 Å². The highest BCUT2D eigenvalue weighted by Gasteiger charge is 2.30. The summed E-state index contributed by atoms with van der Waals surface area (Å²) in [4.78, 5) is 19.7. The van der Waals surface area contributed by atoms with Gasteiger partial charge in [0.05, 0.1) is 12.3 Å². The number of H-pyrrole nitrogens is 1. The van der Waals surface area contributed by atoms with Crippen LogP contribution in [0.3, 0.4) is 0 Å². The Hall–Kier alpha value is -1.32. The third-order valence-electron chi connectivity index (χ3n) is 2.63. The van der Waals surface area contributed by atoms with Gasteiger partial charge in [0, 0.05) is 10.8 Å². The van der Waals surface area contributed by atoms with E-state index in [9.17, 15) is 4.79 Å². The molecule has 0 aliphatic carbocycles. The predicted molar refractivity (Wildman–Crippen MR) is 71.9 cm³/mol. The molecule has 1 aromatic rings. The van der Waals surface area contributed by atoms with Crippen molar-refractivity contribution in [1.29, 1.82) is 0 Å². The summed E-state index contributed by atoms with van der Waals surface area (Å²) in [6.45, 7) is 14.5. The zero-order valence-corrected chi connectivity index (χ0v) is 12.5. The van der Waals surface area contributed by atoms with Crippen LogP contribution in [0.25, 0.3) is 0 Å². The van der Waals surface area contributed by atoms with Crippen molar-refractivity contribution >= 4 is 5.97 Å². The molecule has 102 valence electrons. The average molecular weight is 252 g/mol. The average Bonchev–Trinajstić information content (AvgIpc) is 2.60. The molecule has 0 spiro atoms. The summed E-state index contributed by atoms with van der Waals surface area (Å²) >= 11 is 0. The lowest BCUT2D eigenvalue weighted by molar-refractivity contribution is 0.0517. The van der Waals surface area contributed by atoms with Crippen molar-refractivity contribution in [3.8, 4) is 0 Å². The molecule has 0 fully saturated rings. The summed E-state index contributed by atoms with van der Waals surface area (Å²) in [6.07, 6.45) is 0. The highest BCUT2D eigenvalue weighted by atomic mass is 16.5. The number of imidazole rings is 1. The van der Waals surface area contributed by atoms with Crippen molar-refractivity contribution in [3.05, 3.63) is 17.2 Å². The number of aromatic amines is 1. The first kappa shape index (κ1) is 14.7. The lowest BCUT2D eigenvalue weighted by Gasteiger charge is -2.18. The third-order valence-corrected chi connectivity index (χ3v) is 2.63. The van der Waals surface area contributed by atoms with Crippen LogP contribution < -0.4 is 0 Å². The van der Waals surface area contributed by atoms with E-state index in [0.29, 0.717) is 12.3 Å². The fraction of sp³-hybridized carbons (Fsp3) is 0.714. The molecule has 0 aliphatic heterocycles. The minimum atomic E-state index is -0.353. The lowest BCUT2D eigenvalue weighted by atomic mass is 9.90. The van der Waals surface area contributed by atoms with Gasteiger partial charge < -0.3 is 9.72 Å². The Bertz CT molecular complexity index is 434. The van der Waals surface area contributed by atoms with E-state index >= 15 is 0 Å². The Morgan fingerprint density at radius 3 is 2.11 bits per heavy atom. The van der Waals surface area contributed by atoms with Crippen LogP contribution in [0.2, 0.25) is 0 Å². The first-order valence-electron chi connectivity index (χ1n) is 6.35. The van der Waals surface area contributed by atoms with E-state index in [0.717, 1.165) is 11.5 Å². The summed E-state index contributed by atoms with van der Waals surface area (Å²) in [7, 11) is 0. The molecule has 0 unspecified atom stereocenters. The number of rotatable bonds is 2. The summed E-state index contributed by atoms with van der Waals surface area (Å²) in [6, 6.07) is 0. The molecular formula is C14H24N2O2. The van der Waals surface area contributed by atoms with Crippen molar-refractivity contribution < 1.29 is 9.53 Å². The quantitative estimate of drug-likeness (QED) is 0.822. The molecule has 1 rings (SSSR count). The highest BCUT2D eigenvalue weighted by Crippen LogP contribution is 2.28. The summed E-state index contributed by atoms with van der Waals surface area (Å²) in [5.41, 5.74) is 0.962. The Morgan fingerprint density at radius 2 is 1.72 bits per heavy atom. The summed E-state index contributed by atoms with van der Waals surface area (Å²) in [5.74, 6) is 0.463. The van der Waals surface area contributed by atoms with E-state index in [1.54, 1.807) is 6.92 Å². The largest absolute Gasteiger partial charge is 0.461 e. The van der Waals surface area contributed by atoms with Gasteiger partial charge in [-0.15, -0.1) is 0 Å². The lowest BCUT2D eigenvalue weighted by Crippen LogP contribution is -2.18. The van der Waals surface area contributed by atoms with Gasteiger partial charge >= 0.3 is 5.97 Å². The summed E-state index contributed by atoms with van der Waals surface area (Å²) < 4.78 is 5.07. The number of esters is 1. The van der Waals surface area contributed by atoms with Crippen LogP contribution in [-0.2, 0) is 15.6 Å². The maximum absolute atomic E-state index is 11.9. The van der Waals surface area contributed by atoms with Crippen LogP contribution in [0.15, 0.2) is 0 Å². The number of hydrogen-bond acceptors (Lipinski definition) is 3. The maximum Gasteiger partial charge on any atom is 0.358 e. The molecule has 0 saturated heterocycles.